The molecule has 230 valence electrons. The van der Waals surface area contributed by atoms with Crippen molar-refractivity contribution in [2.24, 2.45) is 0 Å². The van der Waals surface area contributed by atoms with Gasteiger partial charge in [0.1, 0.15) is 0 Å². The minimum atomic E-state index is -0.654. The Morgan fingerprint density at radius 2 is 0.487 bits per heavy atom. The number of carboxylic acids is 2. The maximum atomic E-state index is 10.3. The molecule has 0 aliphatic carbocycles. The molecule has 0 heterocycles. The van der Waals surface area contributed by atoms with Crippen LogP contribution >= 0.6 is 0 Å². The van der Waals surface area contributed by atoms with Gasteiger partial charge in [-0.25, -0.2) is 0 Å². The van der Waals surface area contributed by atoms with Gasteiger partial charge >= 0.3 is 11.9 Å². The summed E-state index contributed by atoms with van der Waals surface area (Å²) in [4.78, 5) is 20.6. The van der Waals surface area contributed by atoms with Gasteiger partial charge in [0, 0.05) is 32.3 Å². The Morgan fingerprint density at radius 1 is 0.333 bits per heavy atom. The quantitative estimate of drug-likeness (QED) is 0.0630. The summed E-state index contributed by atoms with van der Waals surface area (Å²) < 4.78 is 0. The maximum Gasteiger partial charge on any atom is 0.303 e. The predicted molar refractivity (Wildman–Crippen MR) is 165 cm³/mol. The maximum absolute atomic E-state index is 10.3. The van der Waals surface area contributed by atoms with Crippen LogP contribution in [0.1, 0.15) is 206 Å². The molecule has 0 saturated heterocycles. The molecule has 0 rings (SSSR count). The molecule has 0 amide bonds. The average molecular weight is 606 g/mol. The molecule has 0 unspecified atom stereocenters. The molecule has 2 N–H and O–H groups in total. The number of carboxylic acid groups (broad SMARTS) is 2. The summed E-state index contributed by atoms with van der Waals surface area (Å²) in [7, 11) is 0. The van der Waals surface area contributed by atoms with Crippen LogP contribution < -0.4 is 0 Å². The van der Waals surface area contributed by atoms with E-state index in [2.05, 4.69) is 13.8 Å². The summed E-state index contributed by atoms with van der Waals surface area (Å²) >= 11 is 0. The summed E-state index contributed by atoms with van der Waals surface area (Å²) in [5.41, 5.74) is 0. The largest absolute Gasteiger partial charge is 0.481 e. The minimum Gasteiger partial charge on any atom is -0.481 e. The zero-order valence-corrected chi connectivity index (χ0v) is 29.6. The second kappa shape index (κ2) is 39.7. The first-order valence-corrected chi connectivity index (χ1v) is 17.0. The summed E-state index contributed by atoms with van der Waals surface area (Å²) in [6.45, 7) is 4.53. The Labute approximate surface area is 257 Å². The molecule has 0 aliphatic heterocycles. The molecule has 0 saturated carbocycles. The molecule has 0 fully saturated rings. The van der Waals surface area contributed by atoms with Crippen LogP contribution in [0.2, 0.25) is 0 Å². The van der Waals surface area contributed by atoms with Crippen LogP contribution in [-0.2, 0) is 29.1 Å². The van der Waals surface area contributed by atoms with Crippen LogP contribution in [0.5, 0.6) is 0 Å². The van der Waals surface area contributed by atoms with Crippen LogP contribution in [0.4, 0.5) is 0 Å². The third kappa shape index (κ3) is 47.7. The van der Waals surface area contributed by atoms with Gasteiger partial charge in [0.05, 0.1) is 0 Å². The SMILES string of the molecule is CCCCCCCCCCCCCCCCC(=O)O.CCCCCCCCCCCCCCCCC(=O)O.[Zn]. The van der Waals surface area contributed by atoms with Gasteiger partial charge in [0.15, 0.2) is 0 Å². The number of rotatable bonds is 30. The third-order valence-corrected chi connectivity index (χ3v) is 7.49. The van der Waals surface area contributed by atoms with Crippen LogP contribution in [0, 0.1) is 0 Å². The molecule has 5 heteroatoms. The van der Waals surface area contributed by atoms with Gasteiger partial charge in [-0.3, -0.25) is 9.59 Å². The summed E-state index contributed by atoms with van der Waals surface area (Å²) in [5.74, 6) is -1.31. The number of hydrogen-bond acceptors (Lipinski definition) is 2. The fraction of sp³-hybridized carbons (Fsp3) is 0.941. The smallest absolute Gasteiger partial charge is 0.303 e. The normalized spacial score (nSPS) is 10.5. The molecule has 0 radical (unpaired) electrons. The molecule has 0 aromatic carbocycles. The zero-order chi connectivity index (χ0) is 28.4. The molecule has 4 nitrogen and oxygen atoms in total. The molecule has 0 spiro atoms. The first-order valence-electron chi connectivity index (χ1n) is 17.0. The molecular weight excluding hydrogens is 538 g/mol. The van der Waals surface area contributed by atoms with Gasteiger partial charge in [0.25, 0.3) is 0 Å². The van der Waals surface area contributed by atoms with E-state index in [0.29, 0.717) is 12.8 Å². The van der Waals surface area contributed by atoms with Crippen LogP contribution in [-0.4, -0.2) is 22.2 Å². The predicted octanol–water partition coefficient (Wildman–Crippen LogP) is 11.9. The average Bonchev–Trinajstić information content (AvgIpc) is 2.89. The number of carbonyl (C=O) groups is 2. The van der Waals surface area contributed by atoms with Gasteiger partial charge in [-0.1, -0.05) is 181 Å². The van der Waals surface area contributed by atoms with Crippen molar-refractivity contribution in [2.45, 2.75) is 206 Å². The fourth-order valence-electron chi connectivity index (χ4n) is 4.94. The van der Waals surface area contributed by atoms with Crippen LogP contribution in [0.3, 0.4) is 0 Å². The van der Waals surface area contributed by atoms with Gasteiger partial charge in [0.2, 0.25) is 0 Å². The monoisotopic (exact) mass is 604 g/mol. The van der Waals surface area contributed by atoms with E-state index in [9.17, 15) is 9.59 Å². The summed E-state index contributed by atoms with van der Waals surface area (Å²) in [6.07, 6.45) is 37.5. The van der Waals surface area contributed by atoms with Crippen molar-refractivity contribution >= 4 is 11.9 Å². The molecule has 39 heavy (non-hydrogen) atoms. The van der Waals surface area contributed by atoms with E-state index in [-0.39, 0.29) is 19.5 Å². The Hall–Kier alpha value is -0.437. The minimum absolute atomic E-state index is 0. The fourth-order valence-corrected chi connectivity index (χ4v) is 4.94. The van der Waals surface area contributed by atoms with Crippen molar-refractivity contribution < 1.29 is 39.3 Å². The Morgan fingerprint density at radius 3 is 0.641 bits per heavy atom. The van der Waals surface area contributed by atoms with Gasteiger partial charge < -0.3 is 10.2 Å². The van der Waals surface area contributed by atoms with Crippen molar-refractivity contribution in [2.75, 3.05) is 0 Å². The van der Waals surface area contributed by atoms with E-state index in [1.54, 1.807) is 0 Å². The van der Waals surface area contributed by atoms with Crippen LogP contribution in [0.25, 0.3) is 0 Å². The zero-order valence-electron chi connectivity index (χ0n) is 26.6. The first kappa shape index (κ1) is 43.0. The molecule has 0 aliphatic rings. The first-order chi connectivity index (χ1) is 18.5. The standard InChI is InChI=1S/2C17H34O2.Zn/c2*1-2-3-4-5-6-7-8-9-10-11-12-13-14-15-16-17(18)19;/h2*2-16H2,1H3,(H,18,19);. The van der Waals surface area contributed by atoms with Crippen molar-refractivity contribution in [3.05, 3.63) is 0 Å². The van der Waals surface area contributed by atoms with Gasteiger partial charge in [-0.2, -0.15) is 0 Å². The van der Waals surface area contributed by atoms with Gasteiger partial charge in [-0.15, -0.1) is 0 Å². The molecule has 0 atom stereocenters. The van der Waals surface area contributed by atoms with E-state index in [0.717, 1.165) is 25.7 Å². The Kier molecular flexibility index (Phi) is 43.8. The van der Waals surface area contributed by atoms with Crippen molar-refractivity contribution in [3.63, 3.8) is 0 Å². The van der Waals surface area contributed by atoms with E-state index in [4.69, 9.17) is 10.2 Å². The number of unbranched alkanes of at least 4 members (excludes halogenated alkanes) is 26. The number of hydrogen-bond donors (Lipinski definition) is 2. The second-order valence-electron chi connectivity index (χ2n) is 11.5. The third-order valence-electron chi connectivity index (χ3n) is 7.49. The number of aliphatic carboxylic acids is 2. The van der Waals surface area contributed by atoms with E-state index in [1.807, 2.05) is 0 Å². The molecule has 0 aromatic rings. The van der Waals surface area contributed by atoms with Crippen molar-refractivity contribution in [1.29, 1.82) is 0 Å². The van der Waals surface area contributed by atoms with E-state index < -0.39 is 11.9 Å². The Bertz CT molecular complexity index is 428. The van der Waals surface area contributed by atoms with Crippen LogP contribution in [0.15, 0.2) is 0 Å². The summed E-state index contributed by atoms with van der Waals surface area (Å²) in [6, 6.07) is 0. The second-order valence-corrected chi connectivity index (χ2v) is 11.5. The van der Waals surface area contributed by atoms with Gasteiger partial charge in [-0.05, 0) is 12.8 Å². The van der Waals surface area contributed by atoms with E-state index >= 15 is 0 Å². The molecule has 0 bridgehead atoms. The van der Waals surface area contributed by atoms with Crippen molar-refractivity contribution in [3.8, 4) is 0 Å². The molecular formula is C34H68O4Zn. The Balaban J connectivity index is -0.000000648. The van der Waals surface area contributed by atoms with E-state index in [1.165, 1.54) is 154 Å². The van der Waals surface area contributed by atoms with Crippen molar-refractivity contribution in [1.82, 2.24) is 0 Å². The molecule has 0 aromatic heterocycles. The summed E-state index contributed by atoms with van der Waals surface area (Å²) in [5, 5.41) is 17.0. The topological polar surface area (TPSA) is 74.6 Å².